The Hall–Kier alpha value is -2.32. The number of anilines is 1. The molecule has 24 heavy (non-hydrogen) atoms. The normalized spacial score (nSPS) is 26.5. The van der Waals surface area contributed by atoms with Crippen LogP contribution in [0.5, 0.6) is 0 Å². The molecule has 0 radical (unpaired) electrons. The molecule has 0 spiro atoms. The molecule has 2 atom stereocenters. The van der Waals surface area contributed by atoms with E-state index < -0.39 is 33.7 Å². The van der Waals surface area contributed by atoms with Crippen LogP contribution in [0.25, 0.3) is 0 Å². The molecular formula is C15H15F3N2O4. The Balaban J connectivity index is 1.99. The molecule has 1 saturated carbocycles. The van der Waals surface area contributed by atoms with Crippen LogP contribution in [-0.2, 0) is 11.0 Å². The lowest BCUT2D eigenvalue weighted by molar-refractivity contribution is -0.384. The fourth-order valence-electron chi connectivity index (χ4n) is 3.94. The van der Waals surface area contributed by atoms with Crippen molar-refractivity contribution in [3.05, 3.63) is 33.9 Å². The highest BCUT2D eigenvalue weighted by molar-refractivity contribution is 5.79. The molecule has 1 heterocycles. The van der Waals surface area contributed by atoms with Gasteiger partial charge in [0.25, 0.3) is 5.69 Å². The van der Waals surface area contributed by atoms with E-state index >= 15 is 0 Å². The van der Waals surface area contributed by atoms with Crippen LogP contribution in [0.1, 0.15) is 24.8 Å². The number of carboxylic acids is 1. The van der Waals surface area contributed by atoms with Crippen molar-refractivity contribution < 1.29 is 28.0 Å². The van der Waals surface area contributed by atoms with Crippen LogP contribution in [0.3, 0.4) is 0 Å². The predicted octanol–water partition coefficient (Wildman–Crippen LogP) is 3.30. The molecular weight excluding hydrogens is 329 g/mol. The van der Waals surface area contributed by atoms with E-state index in [2.05, 4.69) is 0 Å². The minimum atomic E-state index is -4.67. The van der Waals surface area contributed by atoms with Gasteiger partial charge in [-0.1, -0.05) is 6.42 Å². The molecule has 2 fully saturated rings. The van der Waals surface area contributed by atoms with E-state index in [0.717, 1.165) is 18.6 Å². The standard InChI is InChI=1S/C15H15F3N2O4/c16-15(17,18)9-3-4-11(12(6-9)20(23)24)19-7-10-2-1-5-14(10,8-19)13(21)22/h3-4,6,10H,1-2,5,7-8H2,(H,21,22)/t10-,14+/m0/s1. The Labute approximate surface area is 135 Å². The fourth-order valence-corrected chi connectivity index (χ4v) is 3.94. The molecule has 1 aromatic rings. The van der Waals surface area contributed by atoms with E-state index in [1.165, 1.54) is 4.90 Å². The first kappa shape index (κ1) is 16.5. The van der Waals surface area contributed by atoms with Gasteiger partial charge in [0, 0.05) is 19.2 Å². The van der Waals surface area contributed by atoms with Gasteiger partial charge in [-0.25, -0.2) is 0 Å². The third-order valence-corrected chi connectivity index (χ3v) is 5.14. The van der Waals surface area contributed by atoms with Gasteiger partial charge < -0.3 is 10.0 Å². The number of hydrogen-bond donors (Lipinski definition) is 1. The highest BCUT2D eigenvalue weighted by Crippen LogP contribution is 2.51. The Morgan fingerprint density at radius 2 is 2.12 bits per heavy atom. The third-order valence-electron chi connectivity index (χ3n) is 5.14. The first-order valence-electron chi connectivity index (χ1n) is 7.49. The van der Waals surface area contributed by atoms with E-state index in [1.807, 2.05) is 0 Å². The molecule has 1 N–H and O–H groups in total. The average Bonchev–Trinajstić information content (AvgIpc) is 3.03. The quantitative estimate of drug-likeness (QED) is 0.672. The number of alkyl halides is 3. The Morgan fingerprint density at radius 1 is 1.42 bits per heavy atom. The molecule has 2 aliphatic rings. The van der Waals surface area contributed by atoms with Crippen LogP contribution in [0.2, 0.25) is 0 Å². The summed E-state index contributed by atoms with van der Waals surface area (Å²) in [5.74, 6) is -1.08. The SMILES string of the molecule is O=C(O)[C@@]12CCC[C@H]1CN(c1ccc(C(F)(F)F)cc1[N+](=O)[O-])C2. The van der Waals surface area contributed by atoms with Gasteiger partial charge in [-0.15, -0.1) is 0 Å². The summed E-state index contributed by atoms with van der Waals surface area (Å²) in [6, 6.07) is 2.37. The molecule has 9 heteroatoms. The lowest BCUT2D eigenvalue weighted by Crippen LogP contribution is -2.35. The largest absolute Gasteiger partial charge is 0.481 e. The highest BCUT2D eigenvalue weighted by atomic mass is 19.4. The number of carbonyl (C=O) groups is 1. The maximum absolute atomic E-state index is 12.8. The minimum absolute atomic E-state index is 0.0445. The number of halogens is 3. The Morgan fingerprint density at radius 3 is 2.67 bits per heavy atom. The summed E-state index contributed by atoms with van der Waals surface area (Å²) in [5, 5.41) is 20.8. The zero-order valence-electron chi connectivity index (χ0n) is 12.5. The number of nitro benzene ring substituents is 1. The average molecular weight is 344 g/mol. The van der Waals surface area contributed by atoms with E-state index in [4.69, 9.17) is 0 Å². The first-order valence-corrected chi connectivity index (χ1v) is 7.49. The summed E-state index contributed by atoms with van der Waals surface area (Å²) in [5.41, 5.74) is -2.66. The van der Waals surface area contributed by atoms with Crippen LogP contribution in [-0.4, -0.2) is 29.1 Å². The maximum atomic E-state index is 12.8. The molecule has 0 bridgehead atoms. The highest BCUT2D eigenvalue weighted by Gasteiger charge is 2.55. The molecule has 3 rings (SSSR count). The van der Waals surface area contributed by atoms with Gasteiger partial charge in [-0.2, -0.15) is 13.2 Å². The molecule has 1 aromatic carbocycles. The fraction of sp³-hybridized carbons (Fsp3) is 0.533. The van der Waals surface area contributed by atoms with Crippen LogP contribution >= 0.6 is 0 Å². The lowest BCUT2D eigenvalue weighted by Gasteiger charge is -2.24. The monoisotopic (exact) mass is 344 g/mol. The van der Waals surface area contributed by atoms with E-state index in [-0.39, 0.29) is 18.2 Å². The van der Waals surface area contributed by atoms with Crippen molar-refractivity contribution in [3.63, 3.8) is 0 Å². The number of aliphatic carboxylic acids is 1. The van der Waals surface area contributed by atoms with Crippen molar-refractivity contribution in [3.8, 4) is 0 Å². The summed E-state index contributed by atoms with van der Waals surface area (Å²) >= 11 is 0. The first-order chi connectivity index (χ1) is 11.1. The van der Waals surface area contributed by atoms with Crippen molar-refractivity contribution in [1.82, 2.24) is 0 Å². The van der Waals surface area contributed by atoms with Crippen molar-refractivity contribution in [2.75, 3.05) is 18.0 Å². The third kappa shape index (κ3) is 2.47. The minimum Gasteiger partial charge on any atom is -0.481 e. The van der Waals surface area contributed by atoms with E-state index in [1.54, 1.807) is 0 Å². The molecule has 6 nitrogen and oxygen atoms in total. The second-order valence-corrected chi connectivity index (χ2v) is 6.39. The van der Waals surface area contributed by atoms with Gasteiger partial charge in [0.1, 0.15) is 5.69 Å². The smallest absolute Gasteiger partial charge is 0.416 e. The lowest BCUT2D eigenvalue weighted by atomic mass is 9.81. The second kappa shape index (κ2) is 5.35. The number of rotatable bonds is 3. The second-order valence-electron chi connectivity index (χ2n) is 6.39. The zero-order valence-corrected chi connectivity index (χ0v) is 12.5. The van der Waals surface area contributed by atoms with Crippen molar-refractivity contribution >= 4 is 17.3 Å². The maximum Gasteiger partial charge on any atom is 0.416 e. The van der Waals surface area contributed by atoms with Crippen molar-refractivity contribution in [2.24, 2.45) is 11.3 Å². The number of fused-ring (bicyclic) bond motifs is 1. The molecule has 130 valence electrons. The van der Waals surface area contributed by atoms with Crippen LogP contribution in [0, 0.1) is 21.4 Å². The summed E-state index contributed by atoms with van der Waals surface area (Å²) in [4.78, 5) is 23.6. The van der Waals surface area contributed by atoms with Gasteiger partial charge in [-0.05, 0) is 30.9 Å². The van der Waals surface area contributed by atoms with Gasteiger partial charge in [0.15, 0.2) is 0 Å². The number of benzene rings is 1. The van der Waals surface area contributed by atoms with Crippen LogP contribution < -0.4 is 4.90 Å². The summed E-state index contributed by atoms with van der Waals surface area (Å²) < 4.78 is 38.3. The van der Waals surface area contributed by atoms with Gasteiger partial charge in [0.05, 0.1) is 15.9 Å². The number of nitrogens with zero attached hydrogens (tertiary/aromatic N) is 2. The summed E-state index contributed by atoms with van der Waals surface area (Å²) in [6.45, 7) is 0.387. The molecule has 0 aromatic heterocycles. The molecule has 1 aliphatic carbocycles. The van der Waals surface area contributed by atoms with Gasteiger partial charge >= 0.3 is 12.1 Å². The Kier molecular flexibility index (Phi) is 3.69. The molecule has 0 amide bonds. The van der Waals surface area contributed by atoms with E-state index in [9.17, 15) is 33.2 Å². The van der Waals surface area contributed by atoms with Crippen LogP contribution in [0.4, 0.5) is 24.5 Å². The van der Waals surface area contributed by atoms with Gasteiger partial charge in [-0.3, -0.25) is 14.9 Å². The predicted molar refractivity (Wildman–Crippen MR) is 77.7 cm³/mol. The molecule has 1 saturated heterocycles. The summed E-state index contributed by atoms with van der Waals surface area (Å²) in [6.07, 6.45) is -2.71. The van der Waals surface area contributed by atoms with Crippen LogP contribution in [0.15, 0.2) is 18.2 Å². The van der Waals surface area contributed by atoms with E-state index in [0.29, 0.717) is 25.5 Å². The van der Waals surface area contributed by atoms with Gasteiger partial charge in [0.2, 0.25) is 0 Å². The molecule has 1 aliphatic heterocycles. The number of carboxylic acid groups (broad SMARTS) is 1. The molecule has 0 unspecified atom stereocenters. The number of hydrogen-bond acceptors (Lipinski definition) is 4. The number of nitro groups is 1. The topological polar surface area (TPSA) is 83.7 Å². The van der Waals surface area contributed by atoms with Crippen molar-refractivity contribution in [1.29, 1.82) is 0 Å². The summed E-state index contributed by atoms with van der Waals surface area (Å²) in [7, 11) is 0. The van der Waals surface area contributed by atoms with Crippen molar-refractivity contribution in [2.45, 2.75) is 25.4 Å². The zero-order chi connectivity index (χ0) is 17.7. The Bertz CT molecular complexity index is 706.